The zero-order valence-electron chi connectivity index (χ0n) is 11.3. The second kappa shape index (κ2) is 4.09. The maximum Gasteiger partial charge on any atom is 0.177 e. The Balaban J connectivity index is 2.66. The molecule has 0 fully saturated rings. The van der Waals surface area contributed by atoms with Gasteiger partial charge < -0.3 is 0 Å². The summed E-state index contributed by atoms with van der Waals surface area (Å²) in [5.74, 6) is 0.932. The van der Waals surface area contributed by atoms with Crippen LogP contribution in [0.15, 0.2) is 6.20 Å². The molecule has 2 aromatic rings. The van der Waals surface area contributed by atoms with Crippen molar-refractivity contribution in [2.45, 2.75) is 52.9 Å². The quantitative estimate of drug-likeness (QED) is 0.817. The van der Waals surface area contributed by atoms with E-state index in [-0.39, 0.29) is 5.41 Å². The summed E-state index contributed by atoms with van der Waals surface area (Å²) in [6, 6.07) is 0. The molecule has 0 N–H and O–H groups in total. The Morgan fingerprint density at radius 2 is 1.88 bits per heavy atom. The van der Waals surface area contributed by atoms with Crippen molar-refractivity contribution in [1.29, 1.82) is 0 Å². The summed E-state index contributed by atoms with van der Waals surface area (Å²) in [5, 5.41) is 4.65. The zero-order chi connectivity index (χ0) is 12.6. The predicted octanol–water partition coefficient (Wildman–Crippen LogP) is 2.82. The van der Waals surface area contributed by atoms with Crippen LogP contribution < -0.4 is 0 Å². The van der Waals surface area contributed by atoms with Crippen LogP contribution in [0.4, 0.5) is 0 Å². The molecule has 0 aromatic carbocycles. The van der Waals surface area contributed by atoms with Crippen molar-refractivity contribution in [2.75, 3.05) is 0 Å². The molecule has 0 saturated carbocycles. The van der Waals surface area contributed by atoms with Crippen molar-refractivity contribution in [2.24, 2.45) is 0 Å². The Morgan fingerprint density at radius 3 is 2.41 bits per heavy atom. The Bertz CT molecular complexity index is 499. The molecule has 2 heterocycles. The third-order valence-electron chi connectivity index (χ3n) is 3.81. The van der Waals surface area contributed by atoms with E-state index in [9.17, 15) is 0 Å². The van der Waals surface area contributed by atoms with E-state index in [4.69, 9.17) is 0 Å². The number of hydrogen-bond acceptors (Lipinski definition) is 3. The van der Waals surface area contributed by atoms with Crippen molar-refractivity contribution in [1.82, 2.24) is 19.6 Å². The van der Waals surface area contributed by atoms with E-state index in [0.29, 0.717) is 0 Å². The van der Waals surface area contributed by atoms with Crippen LogP contribution in [-0.2, 0) is 5.41 Å². The molecule has 0 aliphatic carbocycles. The Labute approximate surface area is 102 Å². The maximum absolute atomic E-state index is 4.68. The molecule has 0 amide bonds. The molecule has 0 radical (unpaired) electrons. The van der Waals surface area contributed by atoms with E-state index < -0.39 is 0 Å². The molecule has 0 aliphatic rings. The third kappa shape index (κ3) is 1.81. The molecule has 17 heavy (non-hydrogen) atoms. The van der Waals surface area contributed by atoms with Gasteiger partial charge in [-0.3, -0.25) is 4.98 Å². The molecule has 4 nitrogen and oxygen atoms in total. The molecule has 0 bridgehead atoms. The van der Waals surface area contributed by atoms with Gasteiger partial charge in [0.1, 0.15) is 0 Å². The molecule has 2 aromatic heterocycles. The molecule has 92 valence electrons. The van der Waals surface area contributed by atoms with Crippen LogP contribution in [-0.4, -0.2) is 19.6 Å². The molecular formula is C13H20N4. The Morgan fingerprint density at radius 1 is 1.24 bits per heavy atom. The second-order valence-electron chi connectivity index (χ2n) is 4.92. The van der Waals surface area contributed by atoms with Gasteiger partial charge in [-0.05, 0) is 26.7 Å². The van der Waals surface area contributed by atoms with E-state index in [0.717, 1.165) is 35.7 Å². The van der Waals surface area contributed by atoms with Crippen LogP contribution in [0.25, 0.3) is 5.65 Å². The van der Waals surface area contributed by atoms with Gasteiger partial charge in [-0.25, -0.2) is 9.50 Å². The number of fused-ring (bicyclic) bond motifs is 1. The van der Waals surface area contributed by atoms with Crippen molar-refractivity contribution in [3.63, 3.8) is 0 Å². The lowest BCUT2D eigenvalue weighted by atomic mass is 9.84. The highest BCUT2D eigenvalue weighted by atomic mass is 15.3. The smallest absolute Gasteiger partial charge is 0.177 e. The fourth-order valence-corrected chi connectivity index (χ4v) is 1.92. The van der Waals surface area contributed by atoms with Gasteiger partial charge in [0.05, 0.1) is 11.4 Å². The van der Waals surface area contributed by atoms with Gasteiger partial charge >= 0.3 is 0 Å². The number of hydrogen-bond donors (Lipinski definition) is 0. The van der Waals surface area contributed by atoms with Gasteiger partial charge in [0, 0.05) is 11.6 Å². The fourth-order valence-electron chi connectivity index (χ4n) is 1.92. The zero-order valence-corrected chi connectivity index (χ0v) is 11.3. The van der Waals surface area contributed by atoms with Gasteiger partial charge in [0.2, 0.25) is 0 Å². The van der Waals surface area contributed by atoms with Crippen molar-refractivity contribution < 1.29 is 0 Å². The van der Waals surface area contributed by atoms with Gasteiger partial charge in [-0.2, -0.15) is 5.10 Å². The number of nitrogens with zero attached hydrogens (tertiary/aromatic N) is 4. The van der Waals surface area contributed by atoms with Crippen molar-refractivity contribution >= 4 is 5.65 Å². The molecule has 0 unspecified atom stereocenters. The van der Waals surface area contributed by atoms with E-state index >= 15 is 0 Å². The minimum absolute atomic E-state index is 0.0604. The maximum atomic E-state index is 4.68. The number of aromatic nitrogens is 4. The highest BCUT2D eigenvalue weighted by Gasteiger charge is 2.27. The van der Waals surface area contributed by atoms with Crippen LogP contribution in [0.5, 0.6) is 0 Å². The minimum atomic E-state index is 0.0604. The highest BCUT2D eigenvalue weighted by molar-refractivity contribution is 5.43. The summed E-state index contributed by atoms with van der Waals surface area (Å²) in [4.78, 5) is 9.01. The van der Waals surface area contributed by atoms with Crippen LogP contribution >= 0.6 is 0 Å². The lowest BCUT2D eigenvalue weighted by Crippen LogP contribution is -2.21. The van der Waals surface area contributed by atoms with Crippen molar-refractivity contribution in [3.8, 4) is 0 Å². The molecule has 4 heteroatoms. The summed E-state index contributed by atoms with van der Waals surface area (Å²) >= 11 is 0. The first kappa shape index (κ1) is 12.0. The van der Waals surface area contributed by atoms with Crippen LogP contribution in [0.2, 0.25) is 0 Å². The predicted molar refractivity (Wildman–Crippen MR) is 68.2 cm³/mol. The Kier molecular flexibility index (Phi) is 2.89. The van der Waals surface area contributed by atoms with E-state index in [2.05, 4.69) is 35.8 Å². The Hall–Kier alpha value is -1.45. The summed E-state index contributed by atoms with van der Waals surface area (Å²) in [7, 11) is 0. The summed E-state index contributed by atoms with van der Waals surface area (Å²) in [6.45, 7) is 10.6. The second-order valence-corrected chi connectivity index (χ2v) is 4.92. The molecule has 0 atom stereocenters. The number of aryl methyl sites for hydroxylation is 2. The molecule has 0 aliphatic heterocycles. The van der Waals surface area contributed by atoms with Gasteiger partial charge in [0.25, 0.3) is 0 Å². The molecule has 2 rings (SSSR count). The third-order valence-corrected chi connectivity index (χ3v) is 3.81. The lowest BCUT2D eigenvalue weighted by molar-refractivity contribution is 0.412. The van der Waals surface area contributed by atoms with Gasteiger partial charge in [-0.15, -0.1) is 0 Å². The minimum Gasteiger partial charge on any atom is -0.256 e. The SMILES string of the molecule is CCC(C)(CC)c1nc2c(C)ncc(C)n2n1. The monoisotopic (exact) mass is 232 g/mol. The van der Waals surface area contributed by atoms with Crippen LogP contribution in [0.3, 0.4) is 0 Å². The van der Waals surface area contributed by atoms with Gasteiger partial charge in [0.15, 0.2) is 11.5 Å². The standard InChI is InChI=1S/C13H20N4/c1-6-13(5,7-2)12-15-11-10(4)14-8-9(3)17(11)16-12/h8H,6-7H2,1-5H3. The first-order valence-electron chi connectivity index (χ1n) is 6.21. The van der Waals surface area contributed by atoms with E-state index in [1.807, 2.05) is 24.6 Å². The fraction of sp³-hybridized carbons (Fsp3) is 0.615. The van der Waals surface area contributed by atoms with Crippen LogP contribution in [0.1, 0.15) is 50.8 Å². The molecular weight excluding hydrogens is 212 g/mol. The average Bonchev–Trinajstić information content (AvgIpc) is 2.79. The number of rotatable bonds is 3. The highest BCUT2D eigenvalue weighted by Crippen LogP contribution is 2.28. The van der Waals surface area contributed by atoms with E-state index in [1.54, 1.807) is 0 Å². The topological polar surface area (TPSA) is 43.1 Å². The molecule has 0 spiro atoms. The largest absolute Gasteiger partial charge is 0.256 e. The van der Waals surface area contributed by atoms with E-state index in [1.165, 1.54) is 0 Å². The average molecular weight is 232 g/mol. The lowest BCUT2D eigenvalue weighted by Gasteiger charge is -2.22. The summed E-state index contributed by atoms with van der Waals surface area (Å²) in [6.07, 6.45) is 3.94. The van der Waals surface area contributed by atoms with Gasteiger partial charge in [-0.1, -0.05) is 20.8 Å². The molecule has 0 saturated heterocycles. The summed E-state index contributed by atoms with van der Waals surface area (Å²) in [5.41, 5.74) is 2.90. The van der Waals surface area contributed by atoms with Crippen LogP contribution in [0, 0.1) is 13.8 Å². The van der Waals surface area contributed by atoms with Crippen molar-refractivity contribution in [3.05, 3.63) is 23.4 Å². The first-order chi connectivity index (χ1) is 8.01. The first-order valence-corrected chi connectivity index (χ1v) is 6.21. The summed E-state index contributed by atoms with van der Waals surface area (Å²) < 4.78 is 1.90. The normalized spacial score (nSPS) is 12.3.